The molecule has 0 saturated carbocycles. The van der Waals surface area contributed by atoms with E-state index < -0.39 is 12.1 Å². The molecular weight excluding hydrogens is 236 g/mol. The largest absolute Gasteiger partial charge is 0.497 e. The number of benzene rings is 1. The van der Waals surface area contributed by atoms with Crippen LogP contribution >= 0.6 is 0 Å². The summed E-state index contributed by atoms with van der Waals surface area (Å²) in [4.78, 5) is 10.7. The SMILES string of the molecule is COc1ccc(C(O)c2ccc(C(=O)O)o2)cc1. The number of methoxy groups -OCH3 is 1. The van der Waals surface area contributed by atoms with Crippen LogP contribution in [0, 0.1) is 0 Å². The molecule has 0 aliphatic heterocycles. The standard InChI is InChI=1S/C13H12O5/c1-17-9-4-2-8(3-5-9)12(14)10-6-7-11(18-10)13(15)16/h2-7,12,14H,1H3,(H,15,16). The first-order chi connectivity index (χ1) is 8.61. The number of hydrogen-bond donors (Lipinski definition) is 2. The second-order valence-electron chi connectivity index (χ2n) is 3.68. The molecular formula is C13H12O5. The molecule has 1 aromatic carbocycles. The van der Waals surface area contributed by atoms with Crippen molar-refractivity contribution in [2.24, 2.45) is 0 Å². The number of aliphatic hydroxyl groups excluding tert-OH is 1. The van der Waals surface area contributed by atoms with Crippen molar-refractivity contribution in [2.45, 2.75) is 6.10 Å². The summed E-state index contributed by atoms with van der Waals surface area (Å²) in [5, 5.41) is 18.7. The quantitative estimate of drug-likeness (QED) is 0.865. The predicted octanol–water partition coefficient (Wildman–Crippen LogP) is 2.07. The number of rotatable bonds is 4. The fourth-order valence-corrected chi connectivity index (χ4v) is 1.57. The van der Waals surface area contributed by atoms with Gasteiger partial charge in [0.15, 0.2) is 0 Å². The third-order valence-electron chi connectivity index (χ3n) is 2.54. The van der Waals surface area contributed by atoms with E-state index in [4.69, 9.17) is 14.3 Å². The molecule has 94 valence electrons. The third-order valence-corrected chi connectivity index (χ3v) is 2.54. The maximum atomic E-state index is 10.7. The number of ether oxygens (including phenoxy) is 1. The minimum absolute atomic E-state index is 0.192. The fraction of sp³-hybridized carbons (Fsp3) is 0.154. The molecule has 5 heteroatoms. The van der Waals surface area contributed by atoms with Crippen LogP contribution in [0.5, 0.6) is 5.75 Å². The third kappa shape index (κ3) is 2.36. The zero-order chi connectivity index (χ0) is 13.1. The summed E-state index contributed by atoms with van der Waals surface area (Å²) in [6, 6.07) is 9.54. The Morgan fingerprint density at radius 1 is 1.22 bits per heavy atom. The number of carbonyl (C=O) groups is 1. The highest BCUT2D eigenvalue weighted by atomic mass is 16.5. The zero-order valence-corrected chi connectivity index (χ0v) is 9.66. The Kier molecular flexibility index (Phi) is 3.34. The maximum absolute atomic E-state index is 10.7. The Bertz CT molecular complexity index is 541. The minimum Gasteiger partial charge on any atom is -0.497 e. The molecule has 2 aromatic rings. The van der Waals surface area contributed by atoms with Gasteiger partial charge in [0, 0.05) is 0 Å². The second kappa shape index (κ2) is 4.93. The van der Waals surface area contributed by atoms with Gasteiger partial charge in [-0.05, 0) is 29.8 Å². The molecule has 1 aromatic heterocycles. The molecule has 5 nitrogen and oxygen atoms in total. The van der Waals surface area contributed by atoms with Crippen LogP contribution in [-0.4, -0.2) is 23.3 Å². The summed E-state index contributed by atoms with van der Waals surface area (Å²) in [7, 11) is 1.55. The van der Waals surface area contributed by atoms with Crippen LogP contribution in [0.3, 0.4) is 0 Å². The van der Waals surface area contributed by atoms with Crippen LogP contribution in [0.2, 0.25) is 0 Å². The van der Waals surface area contributed by atoms with Gasteiger partial charge >= 0.3 is 5.97 Å². The van der Waals surface area contributed by atoms with E-state index in [-0.39, 0.29) is 11.5 Å². The fourth-order valence-electron chi connectivity index (χ4n) is 1.57. The number of furan rings is 1. The van der Waals surface area contributed by atoms with E-state index >= 15 is 0 Å². The van der Waals surface area contributed by atoms with Gasteiger partial charge in [0.1, 0.15) is 17.6 Å². The van der Waals surface area contributed by atoms with Crippen LogP contribution in [0.15, 0.2) is 40.8 Å². The molecule has 0 amide bonds. The predicted molar refractivity (Wildman–Crippen MR) is 62.7 cm³/mol. The summed E-state index contributed by atoms with van der Waals surface area (Å²) in [5.74, 6) is -0.491. The number of hydrogen-bond acceptors (Lipinski definition) is 4. The normalized spacial score (nSPS) is 12.1. The average molecular weight is 248 g/mol. The van der Waals surface area contributed by atoms with Crippen molar-refractivity contribution in [1.82, 2.24) is 0 Å². The Labute approximate surface area is 103 Å². The molecule has 18 heavy (non-hydrogen) atoms. The highest BCUT2D eigenvalue weighted by molar-refractivity contribution is 5.84. The van der Waals surface area contributed by atoms with Gasteiger partial charge in [0.2, 0.25) is 5.76 Å². The van der Waals surface area contributed by atoms with E-state index in [2.05, 4.69) is 0 Å². The monoisotopic (exact) mass is 248 g/mol. The number of carboxylic acid groups (broad SMARTS) is 1. The summed E-state index contributed by atoms with van der Waals surface area (Å²) in [6.07, 6.45) is -0.996. The lowest BCUT2D eigenvalue weighted by molar-refractivity contribution is 0.0655. The lowest BCUT2D eigenvalue weighted by Gasteiger charge is -2.08. The van der Waals surface area contributed by atoms with Crippen molar-refractivity contribution >= 4 is 5.97 Å². The van der Waals surface area contributed by atoms with Crippen molar-refractivity contribution in [1.29, 1.82) is 0 Å². The average Bonchev–Trinajstić information content (AvgIpc) is 2.88. The highest BCUT2D eigenvalue weighted by Crippen LogP contribution is 2.25. The van der Waals surface area contributed by atoms with Gasteiger partial charge in [-0.1, -0.05) is 12.1 Å². The van der Waals surface area contributed by atoms with Gasteiger partial charge in [0.05, 0.1) is 7.11 Å². The van der Waals surface area contributed by atoms with Gasteiger partial charge in [-0.2, -0.15) is 0 Å². The van der Waals surface area contributed by atoms with Gasteiger partial charge in [0.25, 0.3) is 0 Å². The Morgan fingerprint density at radius 2 is 1.89 bits per heavy atom. The van der Waals surface area contributed by atoms with E-state index in [0.29, 0.717) is 11.3 Å². The highest BCUT2D eigenvalue weighted by Gasteiger charge is 2.17. The summed E-state index contributed by atoms with van der Waals surface area (Å²) < 4.78 is 10.0. The van der Waals surface area contributed by atoms with Crippen LogP contribution in [-0.2, 0) is 0 Å². The smallest absolute Gasteiger partial charge is 0.371 e. The summed E-state index contributed by atoms with van der Waals surface area (Å²) >= 11 is 0. The molecule has 1 atom stereocenters. The van der Waals surface area contributed by atoms with E-state index in [9.17, 15) is 9.90 Å². The van der Waals surface area contributed by atoms with Crippen LogP contribution in [0.25, 0.3) is 0 Å². The van der Waals surface area contributed by atoms with E-state index in [1.54, 1.807) is 31.4 Å². The van der Waals surface area contributed by atoms with Crippen molar-refractivity contribution in [2.75, 3.05) is 7.11 Å². The van der Waals surface area contributed by atoms with Gasteiger partial charge in [-0.3, -0.25) is 0 Å². The topological polar surface area (TPSA) is 79.9 Å². The van der Waals surface area contributed by atoms with E-state index in [1.165, 1.54) is 12.1 Å². The lowest BCUT2D eigenvalue weighted by atomic mass is 10.1. The molecule has 0 aliphatic carbocycles. The number of aliphatic hydroxyl groups is 1. The number of carboxylic acids is 1. The van der Waals surface area contributed by atoms with Gasteiger partial charge < -0.3 is 19.4 Å². The van der Waals surface area contributed by atoms with Crippen molar-refractivity contribution in [3.05, 3.63) is 53.5 Å². The summed E-state index contributed by atoms with van der Waals surface area (Å²) in [6.45, 7) is 0. The van der Waals surface area contributed by atoms with Crippen molar-refractivity contribution in [3.8, 4) is 5.75 Å². The molecule has 2 N–H and O–H groups in total. The Balaban J connectivity index is 2.23. The van der Waals surface area contributed by atoms with Crippen LogP contribution < -0.4 is 4.74 Å². The first-order valence-corrected chi connectivity index (χ1v) is 5.27. The second-order valence-corrected chi connectivity index (χ2v) is 3.68. The van der Waals surface area contributed by atoms with Crippen LogP contribution in [0.4, 0.5) is 0 Å². The van der Waals surface area contributed by atoms with Crippen molar-refractivity contribution in [3.63, 3.8) is 0 Å². The summed E-state index contributed by atoms with van der Waals surface area (Å²) in [5.41, 5.74) is 0.599. The van der Waals surface area contributed by atoms with Gasteiger partial charge in [-0.15, -0.1) is 0 Å². The van der Waals surface area contributed by atoms with E-state index in [1.807, 2.05) is 0 Å². The van der Waals surface area contributed by atoms with Crippen LogP contribution in [0.1, 0.15) is 28.0 Å². The molecule has 1 unspecified atom stereocenters. The molecule has 0 saturated heterocycles. The molecule has 1 heterocycles. The maximum Gasteiger partial charge on any atom is 0.371 e. The molecule has 0 fully saturated rings. The Morgan fingerprint density at radius 3 is 2.39 bits per heavy atom. The molecule has 2 rings (SSSR count). The Hall–Kier alpha value is -2.27. The zero-order valence-electron chi connectivity index (χ0n) is 9.66. The molecule has 0 aliphatic rings. The van der Waals surface area contributed by atoms with E-state index in [0.717, 1.165) is 0 Å². The molecule has 0 spiro atoms. The lowest BCUT2D eigenvalue weighted by Crippen LogP contribution is -1.98. The first kappa shape index (κ1) is 12.2. The van der Waals surface area contributed by atoms with Gasteiger partial charge in [-0.25, -0.2) is 4.79 Å². The van der Waals surface area contributed by atoms with Crippen molar-refractivity contribution < 1.29 is 24.2 Å². The number of aromatic carboxylic acids is 1. The molecule has 0 radical (unpaired) electrons. The minimum atomic E-state index is -1.16. The first-order valence-electron chi connectivity index (χ1n) is 5.27. The molecule has 0 bridgehead atoms.